The molecule has 64 valence electrons. The van der Waals surface area contributed by atoms with E-state index >= 15 is 0 Å². The Kier molecular flexibility index (Phi) is 4.77. The van der Waals surface area contributed by atoms with Gasteiger partial charge in [-0.25, -0.2) is 0 Å². The lowest BCUT2D eigenvalue weighted by molar-refractivity contribution is -0.0392. The van der Waals surface area contributed by atoms with E-state index in [2.05, 4.69) is 13.2 Å². The molecule has 0 saturated carbocycles. The Bertz CT molecular complexity index is 133. The van der Waals surface area contributed by atoms with Crippen LogP contribution in [0.1, 0.15) is 6.42 Å². The topological polar surface area (TPSA) is 60.7 Å². The van der Waals surface area contributed by atoms with E-state index in [9.17, 15) is 0 Å². The predicted molar refractivity (Wildman–Crippen MR) is 43.0 cm³/mol. The molecule has 0 saturated heterocycles. The molecule has 3 heteroatoms. The average Bonchev–Trinajstić information content (AvgIpc) is 2.02. The van der Waals surface area contributed by atoms with Gasteiger partial charge in [0.15, 0.2) is 0 Å². The van der Waals surface area contributed by atoms with Crippen LogP contribution in [0, 0.1) is 0 Å². The Balaban J connectivity index is 3.88. The second-order valence-electron chi connectivity index (χ2n) is 2.31. The van der Waals surface area contributed by atoms with E-state index in [1.165, 1.54) is 12.2 Å². The fourth-order valence-electron chi connectivity index (χ4n) is 0.677. The lowest BCUT2D eigenvalue weighted by Gasteiger charge is -2.18. The van der Waals surface area contributed by atoms with Crippen molar-refractivity contribution in [2.24, 2.45) is 0 Å². The number of rotatable bonds is 5. The summed E-state index contributed by atoms with van der Waals surface area (Å²) in [5.41, 5.74) is 0. The van der Waals surface area contributed by atoms with Crippen LogP contribution in [0.3, 0.4) is 0 Å². The monoisotopic (exact) mass is 158 g/mol. The second-order valence-corrected chi connectivity index (χ2v) is 2.31. The first-order valence-electron chi connectivity index (χ1n) is 3.41. The van der Waals surface area contributed by atoms with Gasteiger partial charge in [-0.05, 0) is 6.42 Å². The van der Waals surface area contributed by atoms with E-state index < -0.39 is 18.3 Å². The minimum absolute atomic E-state index is 0.256. The first kappa shape index (κ1) is 10.4. The van der Waals surface area contributed by atoms with Crippen molar-refractivity contribution in [2.45, 2.75) is 24.7 Å². The molecule has 11 heavy (non-hydrogen) atoms. The van der Waals surface area contributed by atoms with Crippen molar-refractivity contribution in [1.82, 2.24) is 0 Å². The molecule has 0 heterocycles. The maximum Gasteiger partial charge on any atom is 0.110 e. The van der Waals surface area contributed by atoms with Crippen molar-refractivity contribution >= 4 is 0 Å². The van der Waals surface area contributed by atoms with Crippen LogP contribution < -0.4 is 0 Å². The van der Waals surface area contributed by atoms with Crippen LogP contribution in [0.25, 0.3) is 0 Å². The zero-order chi connectivity index (χ0) is 8.85. The third-order valence-corrected chi connectivity index (χ3v) is 1.39. The molecule has 0 radical (unpaired) electrons. The first-order valence-corrected chi connectivity index (χ1v) is 3.41. The summed E-state index contributed by atoms with van der Waals surface area (Å²) in [6, 6.07) is 0. The van der Waals surface area contributed by atoms with E-state index in [1.54, 1.807) is 0 Å². The van der Waals surface area contributed by atoms with Gasteiger partial charge in [-0.3, -0.25) is 0 Å². The second kappa shape index (κ2) is 5.07. The van der Waals surface area contributed by atoms with Gasteiger partial charge < -0.3 is 15.3 Å². The SMILES string of the molecule is C=CC[C@H](O)[C@H](O)[C@H](O)C=C. The zero-order valence-corrected chi connectivity index (χ0v) is 6.35. The first-order chi connectivity index (χ1) is 5.13. The molecule has 0 aromatic rings. The molecule has 0 aliphatic rings. The summed E-state index contributed by atoms with van der Waals surface area (Å²) in [6.45, 7) is 6.67. The highest BCUT2D eigenvalue weighted by atomic mass is 16.4. The van der Waals surface area contributed by atoms with Crippen molar-refractivity contribution < 1.29 is 15.3 Å². The molecule has 0 fully saturated rings. The Morgan fingerprint density at radius 1 is 1.18 bits per heavy atom. The molecule has 0 aromatic heterocycles. The molecule has 0 bridgehead atoms. The van der Waals surface area contributed by atoms with Gasteiger partial charge in [0, 0.05) is 0 Å². The van der Waals surface area contributed by atoms with Gasteiger partial charge in [0.2, 0.25) is 0 Å². The maximum absolute atomic E-state index is 9.10. The van der Waals surface area contributed by atoms with E-state index in [4.69, 9.17) is 15.3 Å². The van der Waals surface area contributed by atoms with Crippen LogP contribution in [0.4, 0.5) is 0 Å². The number of aliphatic hydroxyl groups is 3. The molecular weight excluding hydrogens is 144 g/mol. The minimum atomic E-state index is -1.18. The third kappa shape index (κ3) is 3.32. The Labute approximate surface area is 66.3 Å². The molecule has 0 aliphatic heterocycles. The van der Waals surface area contributed by atoms with Crippen LogP contribution in [-0.2, 0) is 0 Å². The molecule has 0 spiro atoms. The molecule has 3 atom stereocenters. The predicted octanol–water partition coefficient (Wildman–Crippen LogP) is -0.169. The summed E-state index contributed by atoms with van der Waals surface area (Å²) in [5, 5.41) is 27.1. The lowest BCUT2D eigenvalue weighted by Crippen LogP contribution is -2.35. The van der Waals surface area contributed by atoms with E-state index in [0.717, 1.165) is 0 Å². The van der Waals surface area contributed by atoms with Crippen LogP contribution in [0.5, 0.6) is 0 Å². The minimum Gasteiger partial charge on any atom is -0.390 e. The molecular formula is C8H14O3. The highest BCUT2D eigenvalue weighted by molar-refractivity contribution is 4.90. The van der Waals surface area contributed by atoms with Crippen molar-refractivity contribution in [1.29, 1.82) is 0 Å². The van der Waals surface area contributed by atoms with Crippen molar-refractivity contribution in [2.75, 3.05) is 0 Å². The van der Waals surface area contributed by atoms with Crippen LogP contribution >= 0.6 is 0 Å². The van der Waals surface area contributed by atoms with Gasteiger partial charge in [0.1, 0.15) is 12.2 Å². The van der Waals surface area contributed by atoms with Crippen LogP contribution in [0.15, 0.2) is 25.3 Å². The molecule has 0 amide bonds. The summed E-state index contributed by atoms with van der Waals surface area (Å²) in [5.74, 6) is 0. The highest BCUT2D eigenvalue weighted by Gasteiger charge is 2.20. The summed E-state index contributed by atoms with van der Waals surface area (Å²) < 4.78 is 0. The lowest BCUT2D eigenvalue weighted by atomic mass is 10.1. The number of hydrogen-bond donors (Lipinski definition) is 3. The summed E-state index contributed by atoms with van der Waals surface area (Å²) in [6.07, 6.45) is -0.317. The Hall–Kier alpha value is -0.640. The molecule has 3 N–H and O–H groups in total. The number of hydrogen-bond acceptors (Lipinski definition) is 3. The fraction of sp³-hybridized carbons (Fsp3) is 0.500. The molecule has 0 aliphatic carbocycles. The highest BCUT2D eigenvalue weighted by Crippen LogP contribution is 2.04. The normalized spacial score (nSPS) is 18.5. The maximum atomic E-state index is 9.10. The quantitative estimate of drug-likeness (QED) is 0.487. The third-order valence-electron chi connectivity index (χ3n) is 1.39. The van der Waals surface area contributed by atoms with Gasteiger partial charge in [0.05, 0.1) is 6.10 Å². The van der Waals surface area contributed by atoms with Crippen LogP contribution in [0.2, 0.25) is 0 Å². The zero-order valence-electron chi connectivity index (χ0n) is 6.35. The number of aliphatic hydroxyl groups excluding tert-OH is 3. The molecule has 3 nitrogen and oxygen atoms in total. The Morgan fingerprint density at radius 2 is 1.73 bits per heavy atom. The van der Waals surface area contributed by atoms with Gasteiger partial charge in [0.25, 0.3) is 0 Å². The van der Waals surface area contributed by atoms with Crippen molar-refractivity contribution in [3.63, 3.8) is 0 Å². The van der Waals surface area contributed by atoms with E-state index in [0.29, 0.717) is 0 Å². The summed E-state index contributed by atoms with van der Waals surface area (Å²) in [4.78, 5) is 0. The summed E-state index contributed by atoms with van der Waals surface area (Å²) in [7, 11) is 0. The average molecular weight is 158 g/mol. The van der Waals surface area contributed by atoms with Crippen molar-refractivity contribution in [3.05, 3.63) is 25.3 Å². The van der Waals surface area contributed by atoms with Gasteiger partial charge in [-0.1, -0.05) is 12.2 Å². The smallest absolute Gasteiger partial charge is 0.110 e. The van der Waals surface area contributed by atoms with E-state index in [1.807, 2.05) is 0 Å². The molecule has 0 aromatic carbocycles. The Morgan fingerprint density at radius 3 is 2.09 bits per heavy atom. The van der Waals surface area contributed by atoms with Gasteiger partial charge in [-0.15, -0.1) is 13.2 Å². The molecule has 0 unspecified atom stereocenters. The van der Waals surface area contributed by atoms with Crippen molar-refractivity contribution in [3.8, 4) is 0 Å². The van der Waals surface area contributed by atoms with Crippen LogP contribution in [-0.4, -0.2) is 33.6 Å². The van der Waals surface area contributed by atoms with Gasteiger partial charge >= 0.3 is 0 Å². The van der Waals surface area contributed by atoms with E-state index in [-0.39, 0.29) is 6.42 Å². The van der Waals surface area contributed by atoms with Gasteiger partial charge in [-0.2, -0.15) is 0 Å². The summed E-state index contributed by atoms with van der Waals surface area (Å²) >= 11 is 0. The standard InChI is InChI=1S/C8H14O3/c1-3-5-7(10)8(11)6(9)4-2/h3-4,6-11H,1-2,5H2/t6-,7+,8-/m1/s1. The molecule has 0 rings (SSSR count). The fourth-order valence-corrected chi connectivity index (χ4v) is 0.677. The largest absolute Gasteiger partial charge is 0.390 e.